The number of ether oxygens (including phenoxy) is 3. The summed E-state index contributed by atoms with van der Waals surface area (Å²) in [4.78, 5) is 28.4. The molecule has 0 saturated heterocycles. The molecular weight excluding hydrogens is 430 g/mol. The lowest BCUT2D eigenvalue weighted by Gasteiger charge is -2.18. The zero-order chi connectivity index (χ0) is 22.2. The minimum Gasteiger partial charge on any atom is -0.486 e. The van der Waals surface area contributed by atoms with Crippen LogP contribution in [0.1, 0.15) is 21.6 Å². The Balaban J connectivity index is 1.16. The number of esters is 1. The van der Waals surface area contributed by atoms with E-state index in [9.17, 15) is 9.59 Å². The zero-order valence-electron chi connectivity index (χ0n) is 17.3. The largest absolute Gasteiger partial charge is 0.486 e. The maximum Gasteiger partial charge on any atom is 0.358 e. The molecule has 2 N–H and O–H groups in total. The average molecular weight is 454 g/mol. The highest BCUT2D eigenvalue weighted by molar-refractivity contribution is 7.13. The Morgan fingerprint density at radius 2 is 1.84 bits per heavy atom. The van der Waals surface area contributed by atoms with E-state index in [2.05, 4.69) is 15.6 Å². The van der Waals surface area contributed by atoms with Gasteiger partial charge in [-0.25, -0.2) is 9.78 Å². The van der Waals surface area contributed by atoms with Gasteiger partial charge in [-0.3, -0.25) is 4.79 Å². The lowest BCUT2D eigenvalue weighted by Crippen LogP contribution is -2.30. The van der Waals surface area contributed by atoms with Gasteiger partial charge in [0.25, 0.3) is 5.91 Å². The molecule has 166 valence electrons. The van der Waals surface area contributed by atoms with Gasteiger partial charge < -0.3 is 24.8 Å². The van der Waals surface area contributed by atoms with E-state index >= 15 is 0 Å². The van der Waals surface area contributed by atoms with Gasteiger partial charge >= 0.3 is 5.97 Å². The molecule has 1 aliphatic heterocycles. The fourth-order valence-electron chi connectivity index (χ4n) is 3.07. The van der Waals surface area contributed by atoms with Crippen molar-refractivity contribution in [3.8, 4) is 11.5 Å². The molecule has 0 fully saturated rings. The summed E-state index contributed by atoms with van der Waals surface area (Å²) >= 11 is 1.31. The number of hydrogen-bond acceptors (Lipinski definition) is 8. The number of amides is 1. The van der Waals surface area contributed by atoms with Gasteiger partial charge in [-0.1, -0.05) is 36.4 Å². The first-order valence-electron chi connectivity index (χ1n) is 10.2. The predicted octanol–water partition coefficient (Wildman–Crippen LogP) is 3.04. The summed E-state index contributed by atoms with van der Waals surface area (Å²) in [5.41, 5.74) is 2.30. The third-order valence-electron chi connectivity index (χ3n) is 4.68. The first-order chi connectivity index (χ1) is 15.7. The molecule has 0 saturated carbocycles. The number of rotatable bonds is 9. The second-order valence-electron chi connectivity index (χ2n) is 7.03. The van der Waals surface area contributed by atoms with E-state index in [0.717, 1.165) is 22.6 Å². The Hall–Kier alpha value is -3.59. The summed E-state index contributed by atoms with van der Waals surface area (Å²) in [6.45, 7) is 1.74. The van der Waals surface area contributed by atoms with Crippen LogP contribution in [0.3, 0.4) is 0 Å². The molecule has 8 nitrogen and oxygen atoms in total. The Labute approximate surface area is 189 Å². The second kappa shape index (κ2) is 10.6. The molecule has 0 spiro atoms. The monoisotopic (exact) mass is 453 g/mol. The van der Waals surface area contributed by atoms with Gasteiger partial charge in [-0.05, 0) is 29.7 Å². The van der Waals surface area contributed by atoms with Crippen molar-refractivity contribution in [2.45, 2.75) is 13.0 Å². The van der Waals surface area contributed by atoms with E-state index in [-0.39, 0.29) is 18.2 Å². The number of carbonyl (C=O) groups excluding carboxylic acids is 2. The molecule has 32 heavy (non-hydrogen) atoms. The summed E-state index contributed by atoms with van der Waals surface area (Å²) in [5, 5.41) is 8.13. The molecule has 0 bridgehead atoms. The quantitative estimate of drug-likeness (QED) is 0.481. The van der Waals surface area contributed by atoms with Crippen LogP contribution in [0.2, 0.25) is 0 Å². The lowest BCUT2D eigenvalue weighted by molar-refractivity contribution is -0.124. The molecule has 0 radical (unpaired) electrons. The fourth-order valence-corrected chi connectivity index (χ4v) is 3.75. The molecule has 1 amide bonds. The van der Waals surface area contributed by atoms with Crippen LogP contribution >= 0.6 is 11.3 Å². The Bertz CT molecular complexity index is 1070. The van der Waals surface area contributed by atoms with E-state index < -0.39 is 5.97 Å². The highest BCUT2D eigenvalue weighted by Crippen LogP contribution is 2.30. The molecule has 0 unspecified atom stereocenters. The predicted molar refractivity (Wildman–Crippen MR) is 120 cm³/mol. The van der Waals surface area contributed by atoms with Crippen LogP contribution in [0.5, 0.6) is 11.5 Å². The smallest absolute Gasteiger partial charge is 0.358 e. The van der Waals surface area contributed by atoms with Crippen LogP contribution in [0, 0.1) is 0 Å². The van der Waals surface area contributed by atoms with E-state index in [4.69, 9.17) is 14.2 Å². The third-order valence-corrected chi connectivity index (χ3v) is 5.48. The molecule has 1 aromatic heterocycles. The Morgan fingerprint density at radius 1 is 1.03 bits per heavy atom. The Kier molecular flexibility index (Phi) is 7.19. The number of carbonyl (C=O) groups is 2. The standard InChI is InChI=1S/C23H23N3O5S/c27-21(24-9-8-16-6-7-19-20(12-16)30-11-10-29-19)14-31-22(28)18-15-32-23(26-18)25-13-17-4-2-1-3-5-17/h1-7,12,15H,8-11,13-14H2,(H,24,27)(H,25,26). The van der Waals surface area contributed by atoms with Gasteiger partial charge in [-0.15, -0.1) is 11.3 Å². The van der Waals surface area contributed by atoms with Crippen LogP contribution in [-0.4, -0.2) is 43.2 Å². The fraction of sp³-hybridized carbons (Fsp3) is 0.261. The number of fused-ring (bicyclic) bond motifs is 1. The molecule has 1 aliphatic rings. The van der Waals surface area contributed by atoms with Crippen LogP contribution in [-0.2, 0) is 22.5 Å². The van der Waals surface area contributed by atoms with Crippen LogP contribution in [0.25, 0.3) is 0 Å². The maximum absolute atomic E-state index is 12.2. The van der Waals surface area contributed by atoms with Crippen molar-refractivity contribution in [3.05, 3.63) is 70.7 Å². The highest BCUT2D eigenvalue weighted by Gasteiger charge is 2.15. The van der Waals surface area contributed by atoms with Gasteiger partial charge in [0.05, 0.1) is 0 Å². The van der Waals surface area contributed by atoms with Crippen LogP contribution in [0.4, 0.5) is 5.13 Å². The SMILES string of the molecule is O=C(COC(=O)c1csc(NCc2ccccc2)n1)NCCc1ccc2c(c1)OCCO2. The molecule has 2 heterocycles. The van der Waals surface area contributed by atoms with Gasteiger partial charge in [0.2, 0.25) is 0 Å². The summed E-state index contributed by atoms with van der Waals surface area (Å²) in [5.74, 6) is 0.454. The second-order valence-corrected chi connectivity index (χ2v) is 7.89. The lowest BCUT2D eigenvalue weighted by atomic mass is 10.1. The number of nitrogens with one attached hydrogen (secondary N) is 2. The number of anilines is 1. The van der Waals surface area contributed by atoms with Crippen LogP contribution < -0.4 is 20.1 Å². The normalized spacial score (nSPS) is 12.1. The van der Waals surface area contributed by atoms with Gasteiger partial charge in [0.1, 0.15) is 13.2 Å². The van der Waals surface area contributed by atoms with E-state index in [1.165, 1.54) is 11.3 Å². The van der Waals surface area contributed by atoms with E-state index in [1.807, 2.05) is 48.5 Å². The van der Waals surface area contributed by atoms with E-state index in [1.54, 1.807) is 5.38 Å². The minimum atomic E-state index is -0.629. The summed E-state index contributed by atoms with van der Waals surface area (Å²) in [6.07, 6.45) is 0.624. The average Bonchev–Trinajstić information content (AvgIpc) is 3.31. The molecule has 0 aliphatic carbocycles. The molecule has 3 aromatic rings. The van der Waals surface area contributed by atoms with Crippen molar-refractivity contribution >= 4 is 28.3 Å². The summed E-state index contributed by atoms with van der Waals surface area (Å²) < 4.78 is 16.1. The Morgan fingerprint density at radius 3 is 2.69 bits per heavy atom. The number of benzene rings is 2. The van der Waals surface area contributed by atoms with Gasteiger partial charge in [-0.2, -0.15) is 0 Å². The highest BCUT2D eigenvalue weighted by atomic mass is 32.1. The first-order valence-corrected chi connectivity index (χ1v) is 11.1. The summed E-state index contributed by atoms with van der Waals surface area (Å²) in [6, 6.07) is 15.6. The molecule has 9 heteroatoms. The van der Waals surface area contributed by atoms with Crippen LogP contribution in [0.15, 0.2) is 53.9 Å². The summed E-state index contributed by atoms with van der Waals surface area (Å²) in [7, 11) is 0. The molecule has 2 aromatic carbocycles. The topological polar surface area (TPSA) is 98.8 Å². The third kappa shape index (κ3) is 5.98. The first kappa shape index (κ1) is 21.6. The van der Waals surface area contributed by atoms with E-state index in [0.29, 0.717) is 37.9 Å². The molecule has 0 atom stereocenters. The number of nitrogens with zero attached hydrogens (tertiary/aromatic N) is 1. The number of aromatic nitrogens is 1. The van der Waals surface area contributed by atoms with Gasteiger partial charge in [0, 0.05) is 18.5 Å². The van der Waals surface area contributed by atoms with Crippen molar-refractivity contribution in [3.63, 3.8) is 0 Å². The maximum atomic E-state index is 12.2. The van der Waals surface area contributed by atoms with Crippen molar-refractivity contribution in [1.29, 1.82) is 0 Å². The van der Waals surface area contributed by atoms with Crippen molar-refractivity contribution < 1.29 is 23.8 Å². The van der Waals surface area contributed by atoms with Crippen molar-refractivity contribution in [1.82, 2.24) is 10.3 Å². The number of thiazole rings is 1. The molecular formula is C23H23N3O5S. The van der Waals surface area contributed by atoms with Gasteiger partial charge in [0.15, 0.2) is 28.9 Å². The van der Waals surface area contributed by atoms with Crippen molar-refractivity contribution in [2.24, 2.45) is 0 Å². The minimum absolute atomic E-state index is 0.176. The molecule has 4 rings (SSSR count). The van der Waals surface area contributed by atoms with Crippen molar-refractivity contribution in [2.75, 3.05) is 31.7 Å². The number of hydrogen-bond donors (Lipinski definition) is 2. The zero-order valence-corrected chi connectivity index (χ0v) is 18.2.